The van der Waals surface area contributed by atoms with Crippen molar-refractivity contribution in [2.45, 2.75) is 59.7 Å². The molecule has 108 valence electrons. The van der Waals surface area contributed by atoms with Crippen LogP contribution < -0.4 is 10.2 Å². The van der Waals surface area contributed by atoms with Gasteiger partial charge < -0.3 is 10.2 Å². The summed E-state index contributed by atoms with van der Waals surface area (Å²) in [6.45, 7) is 14.0. The second kappa shape index (κ2) is 6.38. The van der Waals surface area contributed by atoms with E-state index in [0.29, 0.717) is 12.0 Å². The van der Waals surface area contributed by atoms with E-state index in [2.05, 4.69) is 77.0 Å². The van der Waals surface area contributed by atoms with Crippen LogP contribution in [-0.2, 0) is 6.54 Å². The molecule has 1 aromatic heterocycles. The smallest absolute Gasteiger partial charge is 0.128 e. The third-order valence-electron chi connectivity index (χ3n) is 3.53. The maximum absolute atomic E-state index is 4.74. The molecule has 0 aromatic carbocycles. The van der Waals surface area contributed by atoms with Gasteiger partial charge in [0, 0.05) is 25.2 Å². The van der Waals surface area contributed by atoms with Crippen molar-refractivity contribution in [2.24, 2.45) is 5.92 Å². The molecule has 0 spiro atoms. The molecule has 0 saturated carbocycles. The fourth-order valence-electron chi connectivity index (χ4n) is 1.77. The molecule has 1 aromatic rings. The van der Waals surface area contributed by atoms with Gasteiger partial charge in [-0.25, -0.2) is 4.98 Å². The molecule has 1 heterocycles. The summed E-state index contributed by atoms with van der Waals surface area (Å²) in [5, 5.41) is 3.48. The van der Waals surface area contributed by atoms with E-state index in [1.807, 2.05) is 0 Å². The van der Waals surface area contributed by atoms with Crippen LogP contribution >= 0.6 is 0 Å². The third-order valence-corrected chi connectivity index (χ3v) is 3.53. The molecule has 0 saturated heterocycles. The second-order valence-corrected chi connectivity index (χ2v) is 6.69. The highest BCUT2D eigenvalue weighted by Gasteiger charge is 2.15. The average Bonchev–Trinajstić information content (AvgIpc) is 2.34. The van der Waals surface area contributed by atoms with Crippen molar-refractivity contribution in [3.8, 4) is 0 Å². The van der Waals surface area contributed by atoms with E-state index in [0.717, 1.165) is 18.1 Å². The van der Waals surface area contributed by atoms with Crippen molar-refractivity contribution in [1.29, 1.82) is 0 Å². The van der Waals surface area contributed by atoms with E-state index in [1.54, 1.807) is 0 Å². The minimum absolute atomic E-state index is 0.120. The Morgan fingerprint density at radius 3 is 2.37 bits per heavy atom. The fraction of sp³-hybridized carbons (Fsp3) is 0.688. The molecule has 1 unspecified atom stereocenters. The topological polar surface area (TPSA) is 28.2 Å². The Bertz CT molecular complexity index is 393. The van der Waals surface area contributed by atoms with Gasteiger partial charge in [-0.3, -0.25) is 0 Å². The van der Waals surface area contributed by atoms with Crippen LogP contribution in [0.25, 0.3) is 0 Å². The highest BCUT2D eigenvalue weighted by Crippen LogP contribution is 2.17. The van der Waals surface area contributed by atoms with Crippen LogP contribution in [0.2, 0.25) is 0 Å². The highest BCUT2D eigenvalue weighted by molar-refractivity contribution is 5.39. The molecule has 0 fully saturated rings. The summed E-state index contributed by atoms with van der Waals surface area (Å²) in [5.74, 6) is 1.66. The quantitative estimate of drug-likeness (QED) is 0.882. The van der Waals surface area contributed by atoms with E-state index in [1.165, 1.54) is 0 Å². The first-order valence-corrected chi connectivity index (χ1v) is 7.14. The monoisotopic (exact) mass is 263 g/mol. The lowest BCUT2D eigenvalue weighted by Gasteiger charge is -2.29. The lowest BCUT2D eigenvalue weighted by molar-refractivity contribution is 0.421. The maximum atomic E-state index is 4.74. The van der Waals surface area contributed by atoms with Crippen LogP contribution in [-0.4, -0.2) is 23.6 Å². The maximum Gasteiger partial charge on any atom is 0.128 e. The van der Waals surface area contributed by atoms with Crippen molar-refractivity contribution >= 4 is 5.82 Å². The highest BCUT2D eigenvalue weighted by atomic mass is 15.2. The summed E-state index contributed by atoms with van der Waals surface area (Å²) in [6.07, 6.45) is 0. The Hall–Kier alpha value is -1.09. The Morgan fingerprint density at radius 1 is 1.21 bits per heavy atom. The first-order chi connectivity index (χ1) is 8.70. The van der Waals surface area contributed by atoms with Gasteiger partial charge in [-0.05, 0) is 45.7 Å². The Balaban J connectivity index is 2.77. The first-order valence-electron chi connectivity index (χ1n) is 7.14. The second-order valence-electron chi connectivity index (χ2n) is 6.69. The van der Waals surface area contributed by atoms with Crippen molar-refractivity contribution in [3.63, 3.8) is 0 Å². The molecule has 1 N–H and O–H groups in total. The van der Waals surface area contributed by atoms with Crippen molar-refractivity contribution in [2.75, 3.05) is 11.9 Å². The van der Waals surface area contributed by atoms with Gasteiger partial charge in [-0.2, -0.15) is 0 Å². The molecule has 3 nitrogen and oxygen atoms in total. The molecule has 0 aliphatic rings. The minimum Gasteiger partial charge on any atom is -0.357 e. The van der Waals surface area contributed by atoms with Crippen molar-refractivity contribution in [3.05, 3.63) is 23.9 Å². The molecule has 19 heavy (non-hydrogen) atoms. The zero-order valence-electron chi connectivity index (χ0n) is 13.5. The number of pyridine rings is 1. The SMILES string of the molecule is CC(C)C(C)N(C)c1cccc(CNC(C)(C)C)n1. The van der Waals surface area contributed by atoms with Crippen LogP contribution in [0.4, 0.5) is 5.82 Å². The number of nitrogens with one attached hydrogen (secondary N) is 1. The minimum atomic E-state index is 0.120. The molecule has 0 bridgehead atoms. The number of anilines is 1. The van der Waals surface area contributed by atoms with Gasteiger partial charge in [-0.1, -0.05) is 19.9 Å². The predicted molar refractivity (Wildman–Crippen MR) is 83.5 cm³/mol. The number of nitrogens with zero attached hydrogens (tertiary/aromatic N) is 2. The molecule has 1 atom stereocenters. The Labute approximate surface area is 118 Å². The van der Waals surface area contributed by atoms with Gasteiger partial charge in [0.25, 0.3) is 0 Å². The number of rotatable bonds is 5. The van der Waals surface area contributed by atoms with E-state index in [9.17, 15) is 0 Å². The third kappa shape index (κ3) is 5.19. The Morgan fingerprint density at radius 2 is 1.84 bits per heavy atom. The first kappa shape index (κ1) is 16.0. The zero-order chi connectivity index (χ0) is 14.6. The zero-order valence-corrected chi connectivity index (χ0v) is 13.5. The van der Waals surface area contributed by atoms with Crippen molar-refractivity contribution < 1.29 is 0 Å². The van der Waals surface area contributed by atoms with Gasteiger partial charge in [0.1, 0.15) is 5.82 Å². The molecule has 0 amide bonds. The summed E-state index contributed by atoms with van der Waals surface area (Å²) >= 11 is 0. The van der Waals surface area contributed by atoms with E-state index >= 15 is 0 Å². The normalized spacial score (nSPS) is 13.7. The number of hydrogen-bond acceptors (Lipinski definition) is 3. The summed E-state index contributed by atoms with van der Waals surface area (Å²) in [7, 11) is 2.12. The molecular formula is C16H29N3. The average molecular weight is 263 g/mol. The number of aromatic nitrogens is 1. The molecule has 0 aliphatic carbocycles. The van der Waals surface area contributed by atoms with E-state index < -0.39 is 0 Å². The van der Waals surface area contributed by atoms with Crippen LogP contribution in [0.5, 0.6) is 0 Å². The van der Waals surface area contributed by atoms with Gasteiger partial charge >= 0.3 is 0 Å². The lowest BCUT2D eigenvalue weighted by atomic mass is 10.1. The Kier molecular flexibility index (Phi) is 5.36. The van der Waals surface area contributed by atoms with E-state index in [4.69, 9.17) is 4.98 Å². The summed E-state index contributed by atoms with van der Waals surface area (Å²) in [6, 6.07) is 6.74. The summed E-state index contributed by atoms with van der Waals surface area (Å²) < 4.78 is 0. The van der Waals surface area contributed by atoms with Crippen LogP contribution in [0.1, 0.15) is 47.2 Å². The molecule has 3 heteroatoms. The van der Waals surface area contributed by atoms with Crippen LogP contribution in [0.3, 0.4) is 0 Å². The van der Waals surface area contributed by atoms with Crippen LogP contribution in [0.15, 0.2) is 18.2 Å². The molecule has 0 aliphatic heterocycles. The fourth-order valence-corrected chi connectivity index (χ4v) is 1.77. The van der Waals surface area contributed by atoms with Crippen molar-refractivity contribution in [1.82, 2.24) is 10.3 Å². The van der Waals surface area contributed by atoms with Gasteiger partial charge in [0.15, 0.2) is 0 Å². The van der Waals surface area contributed by atoms with Crippen LogP contribution in [0, 0.1) is 5.92 Å². The number of hydrogen-bond donors (Lipinski definition) is 1. The molecule has 0 radical (unpaired) electrons. The summed E-state index contributed by atoms with van der Waals surface area (Å²) in [5.41, 5.74) is 1.21. The van der Waals surface area contributed by atoms with Gasteiger partial charge in [0.2, 0.25) is 0 Å². The standard InChI is InChI=1S/C16H29N3/c1-12(2)13(3)19(7)15-10-8-9-14(18-15)11-17-16(4,5)6/h8-10,12-13,17H,11H2,1-7H3. The molecule has 1 rings (SSSR count). The lowest BCUT2D eigenvalue weighted by Crippen LogP contribution is -2.36. The largest absolute Gasteiger partial charge is 0.357 e. The van der Waals surface area contributed by atoms with Gasteiger partial charge in [-0.15, -0.1) is 0 Å². The van der Waals surface area contributed by atoms with Gasteiger partial charge in [0.05, 0.1) is 5.69 Å². The molecular weight excluding hydrogens is 234 g/mol. The summed E-state index contributed by atoms with van der Waals surface area (Å²) in [4.78, 5) is 7.00. The predicted octanol–water partition coefficient (Wildman–Crippen LogP) is 3.45. The van der Waals surface area contributed by atoms with E-state index in [-0.39, 0.29) is 5.54 Å².